The maximum absolute atomic E-state index is 10.6. The van der Waals surface area contributed by atoms with Crippen molar-refractivity contribution in [2.75, 3.05) is 31.6 Å². The number of phenols is 1. The molecule has 0 amide bonds. The maximum atomic E-state index is 10.6. The largest absolute Gasteiger partial charge is 0.507 e. The second kappa shape index (κ2) is 9.08. The normalized spacial score (nSPS) is 18.5. The molecule has 2 N–H and O–H groups in total. The van der Waals surface area contributed by atoms with E-state index < -0.39 is 0 Å². The molecule has 1 aromatic carbocycles. The number of rotatable bonds is 7. The minimum Gasteiger partial charge on any atom is -0.507 e. The number of aromatic nitrogens is 4. The molecule has 8 nitrogen and oxygen atoms in total. The zero-order chi connectivity index (χ0) is 21.9. The van der Waals surface area contributed by atoms with Gasteiger partial charge < -0.3 is 20.1 Å². The molecule has 5 rings (SSSR count). The number of nitrogens with one attached hydrogen (secondary N) is 1. The van der Waals surface area contributed by atoms with Crippen molar-refractivity contribution in [2.24, 2.45) is 5.92 Å². The van der Waals surface area contributed by atoms with Gasteiger partial charge in [0.15, 0.2) is 5.82 Å². The van der Waals surface area contributed by atoms with Crippen LogP contribution in [0.15, 0.2) is 42.7 Å². The number of nitrogens with zero attached hydrogens (tertiary/aromatic N) is 5. The SMILES string of the molecule is COc1cc(-c2ccc(-c3ccc(N4CC[C@H](CNC5CCC5)C4)nn3)c(O)c2)ncn1. The van der Waals surface area contributed by atoms with Crippen molar-refractivity contribution in [3.8, 4) is 34.1 Å². The van der Waals surface area contributed by atoms with Crippen LogP contribution in [0.3, 0.4) is 0 Å². The van der Waals surface area contributed by atoms with Crippen molar-refractivity contribution in [1.29, 1.82) is 0 Å². The van der Waals surface area contributed by atoms with E-state index in [4.69, 9.17) is 4.74 Å². The number of aromatic hydroxyl groups is 1. The summed E-state index contributed by atoms with van der Waals surface area (Å²) in [6.45, 7) is 3.11. The number of phenolic OH excluding ortho intramolecular Hbond substituents is 1. The molecule has 1 saturated carbocycles. The molecule has 2 aromatic heterocycles. The number of anilines is 1. The summed E-state index contributed by atoms with van der Waals surface area (Å²) in [6.07, 6.45) is 6.63. The fraction of sp³-hybridized carbons (Fsp3) is 0.417. The van der Waals surface area contributed by atoms with Gasteiger partial charge in [0.2, 0.25) is 5.88 Å². The molecule has 1 aliphatic carbocycles. The Hall–Kier alpha value is -3.26. The molecule has 0 radical (unpaired) electrons. The first-order valence-corrected chi connectivity index (χ1v) is 11.2. The van der Waals surface area contributed by atoms with Gasteiger partial charge in [0.25, 0.3) is 0 Å². The number of benzene rings is 1. The van der Waals surface area contributed by atoms with Gasteiger partial charge in [-0.25, -0.2) is 9.97 Å². The van der Waals surface area contributed by atoms with Gasteiger partial charge in [-0.05, 0) is 56.0 Å². The van der Waals surface area contributed by atoms with Crippen LogP contribution in [0.4, 0.5) is 5.82 Å². The van der Waals surface area contributed by atoms with Gasteiger partial charge in [-0.1, -0.05) is 12.5 Å². The summed E-state index contributed by atoms with van der Waals surface area (Å²) in [5.41, 5.74) is 2.73. The third kappa shape index (κ3) is 4.36. The molecular formula is C24H28N6O2. The topological polar surface area (TPSA) is 96.3 Å². The first kappa shape index (κ1) is 20.6. The van der Waals surface area contributed by atoms with Gasteiger partial charge in [-0.3, -0.25) is 0 Å². The number of hydrogen-bond acceptors (Lipinski definition) is 8. The monoisotopic (exact) mass is 432 g/mol. The van der Waals surface area contributed by atoms with Crippen LogP contribution in [0.25, 0.3) is 22.5 Å². The summed E-state index contributed by atoms with van der Waals surface area (Å²) in [7, 11) is 1.56. The lowest BCUT2D eigenvalue weighted by molar-refractivity contribution is 0.321. The quantitative estimate of drug-likeness (QED) is 0.587. The molecule has 166 valence electrons. The van der Waals surface area contributed by atoms with Crippen LogP contribution in [0, 0.1) is 5.92 Å². The summed E-state index contributed by atoms with van der Waals surface area (Å²) in [5, 5.41) is 23.1. The Morgan fingerprint density at radius 2 is 1.97 bits per heavy atom. The van der Waals surface area contributed by atoms with Gasteiger partial charge in [0.1, 0.15) is 12.1 Å². The maximum Gasteiger partial charge on any atom is 0.216 e. The van der Waals surface area contributed by atoms with Crippen molar-refractivity contribution in [2.45, 2.75) is 31.7 Å². The molecule has 1 saturated heterocycles. The summed E-state index contributed by atoms with van der Waals surface area (Å²) in [5.74, 6) is 2.16. The van der Waals surface area contributed by atoms with Crippen LogP contribution in [0.1, 0.15) is 25.7 Å². The van der Waals surface area contributed by atoms with E-state index in [1.54, 1.807) is 19.2 Å². The van der Waals surface area contributed by atoms with E-state index in [2.05, 4.69) is 30.4 Å². The molecule has 1 atom stereocenters. The van der Waals surface area contributed by atoms with Gasteiger partial charge in [0.05, 0.1) is 18.5 Å². The van der Waals surface area contributed by atoms with Crippen molar-refractivity contribution >= 4 is 5.82 Å². The Balaban J connectivity index is 1.25. The molecule has 3 aromatic rings. The predicted molar refractivity (Wildman–Crippen MR) is 123 cm³/mol. The van der Waals surface area contributed by atoms with Crippen LogP contribution in [-0.4, -0.2) is 58.1 Å². The summed E-state index contributed by atoms with van der Waals surface area (Å²) >= 11 is 0. The molecular weight excluding hydrogens is 404 g/mol. The lowest BCUT2D eigenvalue weighted by atomic mass is 9.92. The highest BCUT2D eigenvalue weighted by atomic mass is 16.5. The van der Waals surface area contributed by atoms with Crippen LogP contribution in [0.5, 0.6) is 11.6 Å². The van der Waals surface area contributed by atoms with Gasteiger partial charge in [-0.15, -0.1) is 10.2 Å². The lowest BCUT2D eigenvalue weighted by Gasteiger charge is -2.28. The first-order chi connectivity index (χ1) is 15.7. The summed E-state index contributed by atoms with van der Waals surface area (Å²) in [4.78, 5) is 10.6. The van der Waals surface area contributed by atoms with Crippen molar-refractivity contribution in [3.63, 3.8) is 0 Å². The third-order valence-electron chi connectivity index (χ3n) is 6.48. The number of methoxy groups -OCH3 is 1. The fourth-order valence-electron chi connectivity index (χ4n) is 4.31. The Bertz CT molecular complexity index is 1070. The number of hydrogen-bond donors (Lipinski definition) is 2. The Labute approximate surface area is 187 Å². The van der Waals surface area contributed by atoms with E-state index >= 15 is 0 Å². The van der Waals surface area contributed by atoms with Gasteiger partial charge in [0, 0.05) is 36.3 Å². The summed E-state index contributed by atoms with van der Waals surface area (Å²) in [6, 6.07) is 11.8. The minimum atomic E-state index is 0.130. The van der Waals surface area contributed by atoms with E-state index in [1.165, 1.54) is 32.0 Å². The molecule has 0 bridgehead atoms. The van der Waals surface area contributed by atoms with Crippen molar-refractivity contribution < 1.29 is 9.84 Å². The van der Waals surface area contributed by atoms with E-state index in [9.17, 15) is 5.11 Å². The molecule has 1 aliphatic heterocycles. The van der Waals surface area contributed by atoms with E-state index in [1.807, 2.05) is 24.3 Å². The average Bonchev–Trinajstić information content (AvgIpc) is 3.27. The zero-order valence-electron chi connectivity index (χ0n) is 18.2. The zero-order valence-corrected chi connectivity index (χ0v) is 18.2. The van der Waals surface area contributed by atoms with E-state index in [0.717, 1.165) is 37.1 Å². The predicted octanol–water partition coefficient (Wildman–Crippen LogP) is 3.28. The van der Waals surface area contributed by atoms with Crippen LogP contribution >= 0.6 is 0 Å². The van der Waals surface area contributed by atoms with E-state index in [0.29, 0.717) is 28.7 Å². The third-order valence-corrected chi connectivity index (χ3v) is 6.48. The highest BCUT2D eigenvalue weighted by Crippen LogP contribution is 2.33. The van der Waals surface area contributed by atoms with Crippen LogP contribution in [-0.2, 0) is 0 Å². The minimum absolute atomic E-state index is 0.130. The standard InChI is InChI=1S/C24H28N6O2/c1-32-24-12-21(26-15-27-24)17-5-6-19(22(31)11-17)20-7-8-23(29-28-20)30-10-9-16(14-30)13-25-18-3-2-4-18/h5-8,11-12,15-16,18,25,31H,2-4,9-10,13-14H2,1H3/t16-/m1/s1. The van der Waals surface area contributed by atoms with Gasteiger partial charge in [-0.2, -0.15) is 0 Å². The van der Waals surface area contributed by atoms with Crippen LogP contribution < -0.4 is 15.0 Å². The van der Waals surface area contributed by atoms with Crippen molar-refractivity contribution in [3.05, 3.63) is 42.7 Å². The van der Waals surface area contributed by atoms with Crippen molar-refractivity contribution in [1.82, 2.24) is 25.5 Å². The molecule has 3 heterocycles. The Morgan fingerprint density at radius 1 is 1.06 bits per heavy atom. The number of ether oxygens (including phenoxy) is 1. The second-order valence-electron chi connectivity index (χ2n) is 8.59. The fourth-order valence-corrected chi connectivity index (χ4v) is 4.31. The Kier molecular flexibility index (Phi) is 5.85. The summed E-state index contributed by atoms with van der Waals surface area (Å²) < 4.78 is 5.15. The lowest BCUT2D eigenvalue weighted by Crippen LogP contribution is -2.38. The average molecular weight is 433 g/mol. The molecule has 2 fully saturated rings. The molecule has 8 heteroatoms. The van der Waals surface area contributed by atoms with Gasteiger partial charge >= 0.3 is 0 Å². The van der Waals surface area contributed by atoms with E-state index in [-0.39, 0.29) is 5.75 Å². The molecule has 0 spiro atoms. The molecule has 2 aliphatic rings. The highest BCUT2D eigenvalue weighted by molar-refractivity contribution is 5.73. The molecule has 32 heavy (non-hydrogen) atoms. The molecule has 0 unspecified atom stereocenters. The second-order valence-corrected chi connectivity index (χ2v) is 8.59. The smallest absolute Gasteiger partial charge is 0.216 e. The van der Waals surface area contributed by atoms with Crippen LogP contribution in [0.2, 0.25) is 0 Å². The first-order valence-electron chi connectivity index (χ1n) is 11.2. The Morgan fingerprint density at radius 3 is 2.69 bits per heavy atom. The highest BCUT2D eigenvalue weighted by Gasteiger charge is 2.25.